The van der Waals surface area contributed by atoms with Crippen molar-refractivity contribution >= 4 is 39.1 Å². The summed E-state index contributed by atoms with van der Waals surface area (Å²) in [6, 6.07) is 18.8. The molecule has 1 heterocycles. The molecule has 3 aromatic rings. The van der Waals surface area contributed by atoms with Crippen LogP contribution in [0.15, 0.2) is 77.7 Å². The summed E-state index contributed by atoms with van der Waals surface area (Å²) < 4.78 is 40.4. The van der Waals surface area contributed by atoms with Crippen molar-refractivity contribution in [1.29, 1.82) is 0 Å². The number of hydrogen-bond acceptors (Lipinski definition) is 6. The van der Waals surface area contributed by atoms with Gasteiger partial charge >= 0.3 is 0 Å². The fraction of sp³-hybridized carbons (Fsp3) is 0.355. The van der Waals surface area contributed by atoms with Crippen molar-refractivity contribution in [2.45, 2.75) is 57.1 Å². The van der Waals surface area contributed by atoms with Gasteiger partial charge in [0.05, 0.1) is 10.6 Å². The zero-order valence-electron chi connectivity index (χ0n) is 24.2. The van der Waals surface area contributed by atoms with Gasteiger partial charge in [0.2, 0.25) is 11.8 Å². The molecule has 1 N–H and O–H groups in total. The Bertz CT molecular complexity index is 1510. The van der Waals surface area contributed by atoms with Crippen LogP contribution in [0.1, 0.15) is 39.7 Å². The topological polar surface area (TPSA) is 105 Å². The molecular weight excluding hydrogens is 578 g/mol. The molecule has 42 heavy (non-hydrogen) atoms. The Morgan fingerprint density at radius 3 is 2.21 bits per heavy atom. The lowest BCUT2D eigenvalue weighted by Gasteiger charge is -2.35. The van der Waals surface area contributed by atoms with Crippen LogP contribution in [-0.2, 0) is 26.2 Å². The molecule has 0 unspecified atom stereocenters. The van der Waals surface area contributed by atoms with Crippen LogP contribution < -0.4 is 19.1 Å². The summed E-state index contributed by atoms with van der Waals surface area (Å²) in [5.74, 6) is -0.00418. The van der Waals surface area contributed by atoms with Crippen molar-refractivity contribution in [2.75, 3.05) is 24.1 Å². The second-order valence-electron chi connectivity index (χ2n) is 11.0. The number of halogens is 1. The van der Waals surface area contributed by atoms with E-state index in [1.807, 2.05) is 27.7 Å². The molecule has 0 saturated heterocycles. The van der Waals surface area contributed by atoms with Gasteiger partial charge in [0, 0.05) is 23.2 Å². The van der Waals surface area contributed by atoms with Gasteiger partial charge in [-0.2, -0.15) is 0 Å². The molecule has 0 radical (unpaired) electrons. The van der Waals surface area contributed by atoms with Crippen molar-refractivity contribution in [2.24, 2.45) is 0 Å². The number of carbonyl (C=O) groups excluding carboxylic acids is 2. The van der Waals surface area contributed by atoms with Crippen LogP contribution in [0, 0.1) is 0 Å². The zero-order chi connectivity index (χ0) is 30.5. The van der Waals surface area contributed by atoms with Gasteiger partial charge in [-0.05, 0) is 69.2 Å². The zero-order valence-corrected chi connectivity index (χ0v) is 25.7. The summed E-state index contributed by atoms with van der Waals surface area (Å²) >= 11 is 6.08. The van der Waals surface area contributed by atoms with Gasteiger partial charge < -0.3 is 19.7 Å². The van der Waals surface area contributed by atoms with Crippen molar-refractivity contribution in [1.82, 2.24) is 10.2 Å². The van der Waals surface area contributed by atoms with E-state index in [-0.39, 0.29) is 23.0 Å². The maximum Gasteiger partial charge on any atom is 0.264 e. The maximum atomic E-state index is 14.2. The number of rotatable bonds is 10. The van der Waals surface area contributed by atoms with Gasteiger partial charge in [-0.1, -0.05) is 48.9 Å². The lowest BCUT2D eigenvalue weighted by Crippen LogP contribution is -2.55. The Morgan fingerprint density at radius 1 is 0.952 bits per heavy atom. The fourth-order valence-corrected chi connectivity index (χ4v) is 6.15. The van der Waals surface area contributed by atoms with Crippen LogP contribution in [0.5, 0.6) is 11.5 Å². The third-order valence-electron chi connectivity index (χ3n) is 6.57. The number of carbonyl (C=O) groups is 2. The number of nitrogens with one attached hydrogen (secondary N) is 1. The Labute approximate surface area is 252 Å². The first-order valence-electron chi connectivity index (χ1n) is 13.7. The van der Waals surface area contributed by atoms with Crippen LogP contribution in [0.3, 0.4) is 0 Å². The lowest BCUT2D eigenvalue weighted by molar-refractivity contribution is -0.141. The minimum atomic E-state index is -4.20. The smallest absolute Gasteiger partial charge is 0.264 e. The first-order chi connectivity index (χ1) is 19.9. The molecule has 9 nitrogen and oxygen atoms in total. The first kappa shape index (κ1) is 31.2. The van der Waals surface area contributed by atoms with Gasteiger partial charge in [-0.15, -0.1) is 0 Å². The number of nitrogens with zero attached hydrogens (tertiary/aromatic N) is 2. The van der Waals surface area contributed by atoms with Gasteiger partial charge in [0.25, 0.3) is 10.0 Å². The normalized spacial score (nSPS) is 13.6. The summed E-state index contributed by atoms with van der Waals surface area (Å²) in [7, 11) is -4.20. The van der Waals surface area contributed by atoms with Gasteiger partial charge in [0.1, 0.15) is 25.8 Å². The van der Waals surface area contributed by atoms with Crippen molar-refractivity contribution in [3.8, 4) is 11.5 Å². The Morgan fingerprint density at radius 2 is 1.60 bits per heavy atom. The summed E-state index contributed by atoms with van der Waals surface area (Å²) in [6.07, 6.45) is 0.316. The van der Waals surface area contributed by atoms with E-state index in [9.17, 15) is 18.0 Å². The highest BCUT2D eigenvalue weighted by molar-refractivity contribution is 7.92. The molecule has 1 aliphatic heterocycles. The van der Waals surface area contributed by atoms with E-state index < -0.39 is 34.1 Å². The van der Waals surface area contributed by atoms with E-state index in [1.165, 1.54) is 17.0 Å². The molecule has 0 aliphatic carbocycles. The summed E-state index contributed by atoms with van der Waals surface area (Å²) in [6.45, 7) is 7.61. The van der Waals surface area contributed by atoms with E-state index in [0.717, 1.165) is 9.87 Å². The predicted octanol–water partition coefficient (Wildman–Crippen LogP) is 5.03. The van der Waals surface area contributed by atoms with E-state index in [1.54, 1.807) is 60.7 Å². The SMILES string of the molecule is CC[C@@H](C(=O)NC(C)(C)C)N(Cc1ccc(Cl)cc1)C(=O)CN(c1ccc2c(c1)OCCO2)S(=O)(=O)c1ccccc1. The summed E-state index contributed by atoms with van der Waals surface area (Å²) in [5.41, 5.74) is 0.439. The molecule has 11 heteroatoms. The van der Waals surface area contributed by atoms with Gasteiger partial charge in [-0.3, -0.25) is 13.9 Å². The highest BCUT2D eigenvalue weighted by Gasteiger charge is 2.35. The van der Waals surface area contributed by atoms with Crippen LogP contribution in [0.4, 0.5) is 5.69 Å². The molecular formula is C31H36ClN3O6S. The molecule has 0 fully saturated rings. The van der Waals surface area contributed by atoms with Crippen molar-refractivity contribution in [3.63, 3.8) is 0 Å². The van der Waals surface area contributed by atoms with Crippen LogP contribution in [0.2, 0.25) is 5.02 Å². The molecule has 224 valence electrons. The van der Waals surface area contributed by atoms with Crippen molar-refractivity contribution < 1.29 is 27.5 Å². The number of ether oxygens (including phenoxy) is 2. The molecule has 4 rings (SSSR count). The predicted molar refractivity (Wildman–Crippen MR) is 162 cm³/mol. The molecule has 0 aromatic heterocycles. The number of hydrogen-bond donors (Lipinski definition) is 1. The van der Waals surface area contributed by atoms with Gasteiger partial charge in [-0.25, -0.2) is 8.42 Å². The average Bonchev–Trinajstić information content (AvgIpc) is 2.96. The molecule has 2 amide bonds. The maximum absolute atomic E-state index is 14.2. The fourth-order valence-electron chi connectivity index (χ4n) is 4.59. The molecule has 1 aliphatic rings. The standard InChI is InChI=1S/C31H36ClN3O6S/c1-5-26(30(37)33-31(2,3)4)34(20-22-11-13-23(32)14-12-22)29(36)21-35(42(38,39)25-9-7-6-8-10-25)24-15-16-27-28(19-24)41-18-17-40-27/h6-16,19,26H,5,17-18,20-21H2,1-4H3,(H,33,37)/t26-/m0/s1. The number of sulfonamides is 1. The monoisotopic (exact) mass is 613 g/mol. The van der Waals surface area contributed by atoms with E-state index in [0.29, 0.717) is 36.2 Å². The second-order valence-corrected chi connectivity index (χ2v) is 13.3. The highest BCUT2D eigenvalue weighted by atomic mass is 35.5. The molecule has 3 aromatic carbocycles. The van der Waals surface area contributed by atoms with Gasteiger partial charge in [0.15, 0.2) is 11.5 Å². The minimum absolute atomic E-state index is 0.0226. The quantitative estimate of drug-likeness (QED) is 0.344. The average molecular weight is 614 g/mol. The summed E-state index contributed by atoms with van der Waals surface area (Å²) in [4.78, 5) is 29.1. The van der Waals surface area contributed by atoms with E-state index in [4.69, 9.17) is 21.1 Å². The lowest BCUT2D eigenvalue weighted by atomic mass is 10.1. The third kappa shape index (κ3) is 7.54. The van der Waals surface area contributed by atoms with E-state index >= 15 is 0 Å². The number of amides is 2. The van der Waals surface area contributed by atoms with Crippen LogP contribution in [0.25, 0.3) is 0 Å². The Kier molecular flexibility index (Phi) is 9.68. The second kappa shape index (κ2) is 13.0. The van der Waals surface area contributed by atoms with Crippen LogP contribution in [-0.4, -0.2) is 56.5 Å². The number of fused-ring (bicyclic) bond motifs is 1. The third-order valence-corrected chi connectivity index (χ3v) is 8.61. The molecule has 1 atom stereocenters. The molecule has 0 saturated carbocycles. The Balaban J connectivity index is 1.76. The molecule has 0 spiro atoms. The Hall–Kier alpha value is -3.76. The minimum Gasteiger partial charge on any atom is -0.486 e. The largest absolute Gasteiger partial charge is 0.486 e. The number of benzene rings is 3. The van der Waals surface area contributed by atoms with E-state index in [2.05, 4.69) is 5.32 Å². The van der Waals surface area contributed by atoms with Crippen molar-refractivity contribution in [3.05, 3.63) is 83.4 Å². The summed E-state index contributed by atoms with van der Waals surface area (Å²) in [5, 5.41) is 3.49. The van der Waals surface area contributed by atoms with Crippen LogP contribution >= 0.6 is 11.6 Å². The molecule has 0 bridgehead atoms. The first-order valence-corrected chi connectivity index (χ1v) is 15.5. The highest BCUT2D eigenvalue weighted by Crippen LogP contribution is 2.36. The number of anilines is 1.